The number of nitrogens with zero attached hydrogens (tertiary/aromatic N) is 5. The SMILES string of the molecule is COc1cc(C(=O)N2CC3CCC2C3N)cc2nc(-c3cc4ccc(-c5ccc6[nH]c(=O)ccc6c5)nc4n3CC3CC3)n(C)c12. The van der Waals surface area contributed by atoms with Gasteiger partial charge in [-0.05, 0) is 91.4 Å². The number of carbonyl (C=O) groups excluding carboxylic acids is 1. The summed E-state index contributed by atoms with van der Waals surface area (Å²) in [4.78, 5) is 40.7. The number of carbonyl (C=O) groups is 1. The van der Waals surface area contributed by atoms with E-state index in [-0.39, 0.29) is 23.6 Å². The lowest BCUT2D eigenvalue weighted by Gasteiger charge is -2.27. The molecule has 2 aliphatic carbocycles. The third-order valence-electron chi connectivity index (χ3n) is 10.4. The van der Waals surface area contributed by atoms with Crippen molar-refractivity contribution >= 4 is 38.9 Å². The molecule has 3 aliphatic rings. The zero-order valence-corrected chi connectivity index (χ0v) is 25.9. The minimum Gasteiger partial charge on any atom is -0.494 e. The fraction of sp³-hybridized carbons (Fsp3) is 0.333. The molecule has 0 radical (unpaired) electrons. The van der Waals surface area contributed by atoms with Gasteiger partial charge in [0.1, 0.15) is 16.9 Å². The Balaban J connectivity index is 1.15. The molecule has 3 atom stereocenters. The summed E-state index contributed by atoms with van der Waals surface area (Å²) in [5.41, 5.74) is 13.0. The number of imidazole rings is 1. The van der Waals surface area contributed by atoms with Crippen LogP contribution in [0.25, 0.3) is 55.7 Å². The fourth-order valence-electron chi connectivity index (χ4n) is 7.80. The van der Waals surface area contributed by atoms with Gasteiger partial charge in [-0.1, -0.05) is 6.07 Å². The molecular formula is C36H35N7O3. The summed E-state index contributed by atoms with van der Waals surface area (Å²) in [6.45, 7) is 1.57. The van der Waals surface area contributed by atoms with Crippen LogP contribution in [0.2, 0.25) is 0 Å². The van der Waals surface area contributed by atoms with Crippen molar-refractivity contribution < 1.29 is 9.53 Å². The monoisotopic (exact) mass is 613 g/mol. The van der Waals surface area contributed by atoms with Gasteiger partial charge in [-0.2, -0.15) is 0 Å². The van der Waals surface area contributed by atoms with Gasteiger partial charge in [0.05, 0.1) is 24.0 Å². The lowest BCUT2D eigenvalue weighted by atomic mass is 10.1. The predicted molar refractivity (Wildman–Crippen MR) is 178 cm³/mol. The number of amides is 1. The normalized spacial score (nSPS) is 20.8. The summed E-state index contributed by atoms with van der Waals surface area (Å²) in [5, 5.41) is 2.00. The molecule has 1 aliphatic heterocycles. The first kappa shape index (κ1) is 27.4. The number of rotatable bonds is 6. The molecule has 6 aromatic rings. The number of methoxy groups -OCH3 is 1. The van der Waals surface area contributed by atoms with Gasteiger partial charge in [0, 0.05) is 60.3 Å². The van der Waals surface area contributed by atoms with Gasteiger partial charge in [0.2, 0.25) is 5.56 Å². The first-order chi connectivity index (χ1) is 22.4. The van der Waals surface area contributed by atoms with Crippen LogP contribution in [-0.2, 0) is 13.6 Å². The highest BCUT2D eigenvalue weighted by Crippen LogP contribution is 2.40. The lowest BCUT2D eigenvalue weighted by molar-refractivity contribution is 0.0700. The van der Waals surface area contributed by atoms with E-state index in [0.717, 1.165) is 75.1 Å². The third-order valence-corrected chi connectivity index (χ3v) is 10.4. The highest BCUT2D eigenvalue weighted by Gasteiger charge is 2.47. The summed E-state index contributed by atoms with van der Waals surface area (Å²) in [6, 6.07) is 19.6. The maximum Gasteiger partial charge on any atom is 0.254 e. The van der Waals surface area contributed by atoms with Crippen molar-refractivity contribution in [2.24, 2.45) is 24.6 Å². The van der Waals surface area contributed by atoms with E-state index in [2.05, 4.69) is 32.3 Å². The van der Waals surface area contributed by atoms with Crippen LogP contribution in [0.3, 0.4) is 0 Å². The first-order valence-corrected chi connectivity index (χ1v) is 16.1. The first-order valence-electron chi connectivity index (χ1n) is 16.1. The minimum atomic E-state index is -0.115. The summed E-state index contributed by atoms with van der Waals surface area (Å²) >= 11 is 0. The number of fused-ring (bicyclic) bond motifs is 5. The number of benzene rings is 2. The largest absolute Gasteiger partial charge is 0.494 e. The molecule has 1 amide bonds. The average Bonchev–Trinajstić information content (AvgIpc) is 3.47. The van der Waals surface area contributed by atoms with Gasteiger partial charge in [0.25, 0.3) is 5.91 Å². The van der Waals surface area contributed by atoms with E-state index in [1.807, 2.05) is 48.3 Å². The Labute approximate surface area is 264 Å². The Morgan fingerprint density at radius 1 is 1.00 bits per heavy atom. The van der Waals surface area contributed by atoms with Gasteiger partial charge in [0.15, 0.2) is 5.82 Å². The summed E-state index contributed by atoms with van der Waals surface area (Å²) < 4.78 is 10.2. The molecule has 4 aromatic heterocycles. The van der Waals surface area contributed by atoms with E-state index >= 15 is 0 Å². The summed E-state index contributed by atoms with van der Waals surface area (Å²) in [7, 11) is 3.65. The van der Waals surface area contributed by atoms with Crippen LogP contribution in [-0.4, -0.2) is 60.6 Å². The average molecular weight is 614 g/mol. The zero-order chi connectivity index (χ0) is 31.3. The number of nitrogens with one attached hydrogen (secondary N) is 1. The molecule has 0 spiro atoms. The van der Waals surface area contributed by atoms with Crippen molar-refractivity contribution in [3.8, 4) is 28.5 Å². The van der Waals surface area contributed by atoms with E-state index in [4.69, 9.17) is 20.4 Å². The maximum atomic E-state index is 13.7. The van der Waals surface area contributed by atoms with E-state index in [9.17, 15) is 9.59 Å². The second-order valence-corrected chi connectivity index (χ2v) is 13.3. The Morgan fingerprint density at radius 3 is 2.61 bits per heavy atom. The van der Waals surface area contributed by atoms with E-state index in [1.54, 1.807) is 13.2 Å². The van der Waals surface area contributed by atoms with Crippen LogP contribution in [0, 0.1) is 11.8 Å². The molecule has 3 N–H and O–H groups in total. The van der Waals surface area contributed by atoms with Crippen LogP contribution in [0.5, 0.6) is 5.75 Å². The Morgan fingerprint density at radius 2 is 1.85 bits per heavy atom. The molecular weight excluding hydrogens is 578 g/mol. The van der Waals surface area contributed by atoms with Gasteiger partial charge in [-0.25, -0.2) is 9.97 Å². The molecule has 9 rings (SSSR count). The zero-order valence-electron chi connectivity index (χ0n) is 25.9. The molecule has 1 saturated heterocycles. The van der Waals surface area contributed by atoms with Crippen molar-refractivity contribution in [3.05, 3.63) is 76.6 Å². The number of aromatic amines is 1. The number of aromatic nitrogens is 5. The quantitative estimate of drug-likeness (QED) is 0.270. The predicted octanol–water partition coefficient (Wildman–Crippen LogP) is 5.08. The standard InChI is InChI=1S/C36H35N7O3/c1-41-33-27(14-24(16-30(33)46-2)36(45)43-18-23-7-11-28(43)32(23)37)40-35(41)29-15-22-6-10-26(39-34(22)42(29)17-19-3-4-19)20-5-9-25-21(13-20)8-12-31(44)38-25/h5-6,8-10,12-16,19,23,28,32H,3-4,7,11,17-18,37H2,1-2H3,(H,38,44). The Hall–Kier alpha value is -4.96. The van der Waals surface area contributed by atoms with Crippen LogP contribution >= 0.6 is 0 Å². The third kappa shape index (κ3) is 4.20. The van der Waals surface area contributed by atoms with Gasteiger partial charge >= 0.3 is 0 Å². The number of H-pyrrole nitrogens is 1. The molecule has 2 aromatic carbocycles. The van der Waals surface area contributed by atoms with Crippen molar-refractivity contribution in [1.29, 1.82) is 0 Å². The number of ether oxygens (including phenoxy) is 1. The Kier molecular flexibility index (Phi) is 5.96. The number of likely N-dealkylation sites (tertiary alicyclic amines) is 1. The molecule has 10 heteroatoms. The topological polar surface area (TPSA) is 124 Å². The highest BCUT2D eigenvalue weighted by atomic mass is 16.5. The summed E-state index contributed by atoms with van der Waals surface area (Å²) in [6.07, 6.45) is 4.46. The number of nitrogens with two attached hydrogens (primary N) is 1. The molecule has 5 heterocycles. The van der Waals surface area contributed by atoms with E-state index in [0.29, 0.717) is 29.7 Å². The number of hydrogen-bond donors (Lipinski definition) is 2. The van der Waals surface area contributed by atoms with Crippen molar-refractivity contribution in [1.82, 2.24) is 29.0 Å². The number of piperidine rings is 1. The van der Waals surface area contributed by atoms with Crippen molar-refractivity contribution in [2.75, 3.05) is 13.7 Å². The summed E-state index contributed by atoms with van der Waals surface area (Å²) in [5.74, 6) is 2.41. The minimum absolute atomic E-state index is 0.00493. The maximum absolute atomic E-state index is 13.7. The van der Waals surface area contributed by atoms with Crippen molar-refractivity contribution in [2.45, 2.75) is 44.3 Å². The molecule has 10 nitrogen and oxygen atoms in total. The molecule has 3 unspecified atom stereocenters. The Bertz CT molecular complexity index is 2280. The molecule has 46 heavy (non-hydrogen) atoms. The fourth-order valence-corrected chi connectivity index (χ4v) is 7.80. The molecule has 3 fully saturated rings. The van der Waals surface area contributed by atoms with E-state index < -0.39 is 0 Å². The molecule has 2 bridgehead atoms. The second-order valence-electron chi connectivity index (χ2n) is 13.3. The van der Waals surface area contributed by atoms with Crippen LogP contribution in [0.1, 0.15) is 36.0 Å². The van der Waals surface area contributed by atoms with Crippen LogP contribution in [0.15, 0.2) is 65.5 Å². The van der Waals surface area contributed by atoms with E-state index in [1.165, 1.54) is 12.8 Å². The van der Waals surface area contributed by atoms with Gasteiger partial charge < -0.3 is 29.5 Å². The van der Waals surface area contributed by atoms with Crippen LogP contribution in [0.4, 0.5) is 0 Å². The number of pyridine rings is 2. The molecule has 232 valence electrons. The van der Waals surface area contributed by atoms with Gasteiger partial charge in [-0.3, -0.25) is 9.59 Å². The van der Waals surface area contributed by atoms with Gasteiger partial charge in [-0.15, -0.1) is 0 Å². The highest BCUT2D eigenvalue weighted by molar-refractivity contribution is 6.00. The van der Waals surface area contributed by atoms with Crippen LogP contribution < -0.4 is 16.0 Å². The number of hydrogen-bond acceptors (Lipinski definition) is 6. The molecule has 2 saturated carbocycles. The lowest BCUT2D eigenvalue weighted by Crippen LogP contribution is -2.41. The second kappa shape index (κ2) is 10.0. The van der Waals surface area contributed by atoms with Crippen molar-refractivity contribution in [3.63, 3.8) is 0 Å². The number of aryl methyl sites for hydroxylation is 1. The smallest absolute Gasteiger partial charge is 0.254 e.